The maximum atomic E-state index is 12.6. The van der Waals surface area contributed by atoms with Crippen LogP contribution in [0.2, 0.25) is 0 Å². The smallest absolute Gasteiger partial charge is 0.258 e. The van der Waals surface area contributed by atoms with Crippen LogP contribution in [0.5, 0.6) is 5.75 Å². The van der Waals surface area contributed by atoms with E-state index < -0.39 is 11.9 Å². The number of piperidine rings is 1. The molecule has 3 amide bonds. The summed E-state index contributed by atoms with van der Waals surface area (Å²) in [6, 6.07) is 3.20. The molecule has 2 heterocycles. The number of benzene rings is 1. The van der Waals surface area contributed by atoms with Gasteiger partial charge in [0, 0.05) is 13.0 Å². The minimum Gasteiger partial charge on any atom is -0.496 e. The number of rotatable bonds is 2. The van der Waals surface area contributed by atoms with E-state index in [0.29, 0.717) is 24.3 Å². The minimum atomic E-state index is -0.590. The van der Waals surface area contributed by atoms with Crippen LogP contribution >= 0.6 is 0 Å². The fourth-order valence-electron chi connectivity index (χ4n) is 2.99. The number of carbonyl (C=O) groups excluding carboxylic acids is 3. The molecule has 0 saturated carbocycles. The zero-order chi connectivity index (χ0) is 15.1. The predicted molar refractivity (Wildman–Crippen MR) is 73.8 cm³/mol. The summed E-state index contributed by atoms with van der Waals surface area (Å²) in [6.45, 7) is 2.25. The first-order chi connectivity index (χ1) is 10.0. The Kier molecular flexibility index (Phi) is 3.16. The first-order valence-corrected chi connectivity index (χ1v) is 6.84. The van der Waals surface area contributed by atoms with Crippen molar-refractivity contribution < 1.29 is 19.1 Å². The maximum absolute atomic E-state index is 12.6. The van der Waals surface area contributed by atoms with Crippen molar-refractivity contribution in [1.82, 2.24) is 10.2 Å². The lowest BCUT2D eigenvalue weighted by atomic mass is 10.0. The van der Waals surface area contributed by atoms with Crippen LogP contribution in [-0.2, 0) is 16.1 Å². The van der Waals surface area contributed by atoms with Gasteiger partial charge in [-0.3, -0.25) is 19.7 Å². The fourth-order valence-corrected chi connectivity index (χ4v) is 2.99. The lowest BCUT2D eigenvalue weighted by molar-refractivity contribution is -0.136. The average Bonchev–Trinajstić information content (AvgIpc) is 2.77. The predicted octanol–water partition coefficient (Wildman–Crippen LogP) is 0.765. The maximum Gasteiger partial charge on any atom is 0.258 e. The fraction of sp³-hybridized carbons (Fsp3) is 0.400. The van der Waals surface area contributed by atoms with Crippen molar-refractivity contribution in [3.05, 3.63) is 28.8 Å². The van der Waals surface area contributed by atoms with Gasteiger partial charge in [-0.15, -0.1) is 0 Å². The second-order valence-electron chi connectivity index (χ2n) is 5.35. The minimum absolute atomic E-state index is 0.208. The Hall–Kier alpha value is -2.37. The summed E-state index contributed by atoms with van der Waals surface area (Å²) < 4.78 is 5.34. The Labute approximate surface area is 122 Å². The van der Waals surface area contributed by atoms with Crippen molar-refractivity contribution in [2.24, 2.45) is 0 Å². The second kappa shape index (κ2) is 4.87. The van der Waals surface area contributed by atoms with Crippen LogP contribution < -0.4 is 10.1 Å². The number of imide groups is 1. The van der Waals surface area contributed by atoms with E-state index in [9.17, 15) is 14.4 Å². The van der Waals surface area contributed by atoms with Crippen LogP contribution in [0.4, 0.5) is 0 Å². The van der Waals surface area contributed by atoms with E-state index in [1.54, 1.807) is 0 Å². The molecule has 21 heavy (non-hydrogen) atoms. The number of amides is 3. The third-order valence-corrected chi connectivity index (χ3v) is 4.05. The van der Waals surface area contributed by atoms with Crippen molar-refractivity contribution in [2.45, 2.75) is 32.4 Å². The Morgan fingerprint density at radius 1 is 1.29 bits per heavy atom. The van der Waals surface area contributed by atoms with E-state index >= 15 is 0 Å². The zero-order valence-electron chi connectivity index (χ0n) is 11.9. The summed E-state index contributed by atoms with van der Waals surface area (Å²) in [5, 5.41) is 2.29. The molecule has 1 fully saturated rings. The molecule has 1 N–H and O–H groups in total. The molecule has 0 aliphatic carbocycles. The van der Waals surface area contributed by atoms with E-state index in [1.165, 1.54) is 12.0 Å². The van der Waals surface area contributed by atoms with Crippen LogP contribution in [0, 0.1) is 6.92 Å². The quantitative estimate of drug-likeness (QED) is 0.815. The molecular weight excluding hydrogens is 272 g/mol. The molecule has 0 radical (unpaired) electrons. The van der Waals surface area contributed by atoms with Gasteiger partial charge in [0.2, 0.25) is 11.8 Å². The van der Waals surface area contributed by atoms with Gasteiger partial charge in [0.05, 0.1) is 12.7 Å². The highest BCUT2D eigenvalue weighted by atomic mass is 16.5. The number of nitrogens with zero attached hydrogens (tertiary/aromatic N) is 1. The van der Waals surface area contributed by atoms with Crippen molar-refractivity contribution in [3.63, 3.8) is 0 Å². The average molecular weight is 288 g/mol. The third-order valence-electron chi connectivity index (χ3n) is 4.05. The molecule has 0 bridgehead atoms. The Morgan fingerprint density at radius 2 is 2.05 bits per heavy atom. The van der Waals surface area contributed by atoms with Crippen molar-refractivity contribution in [2.75, 3.05) is 7.11 Å². The van der Waals surface area contributed by atoms with E-state index in [4.69, 9.17) is 4.74 Å². The molecule has 2 aliphatic heterocycles. The Bertz CT molecular complexity index is 653. The SMILES string of the molecule is COc1c(C)ccc2c1C(=O)N(C1CCC(=O)NC1=O)C2. The van der Waals surface area contributed by atoms with Crippen molar-refractivity contribution in [3.8, 4) is 5.75 Å². The molecule has 0 aromatic heterocycles. The summed E-state index contributed by atoms with van der Waals surface area (Å²) >= 11 is 0. The molecule has 1 saturated heterocycles. The topological polar surface area (TPSA) is 75.7 Å². The van der Waals surface area contributed by atoms with Crippen LogP contribution in [-0.4, -0.2) is 35.8 Å². The van der Waals surface area contributed by atoms with Crippen LogP contribution in [0.1, 0.15) is 34.3 Å². The molecule has 6 heteroatoms. The number of fused-ring (bicyclic) bond motifs is 1. The monoisotopic (exact) mass is 288 g/mol. The molecular formula is C15H16N2O4. The summed E-state index contributed by atoms with van der Waals surface area (Å²) in [5.74, 6) is -0.329. The number of ether oxygens (including phenoxy) is 1. The molecule has 6 nitrogen and oxygen atoms in total. The molecule has 1 aromatic rings. The van der Waals surface area contributed by atoms with Gasteiger partial charge in [-0.25, -0.2) is 0 Å². The van der Waals surface area contributed by atoms with E-state index in [-0.39, 0.29) is 18.2 Å². The molecule has 1 atom stereocenters. The van der Waals surface area contributed by atoms with Gasteiger partial charge < -0.3 is 9.64 Å². The largest absolute Gasteiger partial charge is 0.496 e. The molecule has 1 aromatic carbocycles. The van der Waals surface area contributed by atoms with Gasteiger partial charge in [-0.05, 0) is 24.5 Å². The van der Waals surface area contributed by atoms with Gasteiger partial charge in [-0.2, -0.15) is 0 Å². The number of aryl methyl sites for hydroxylation is 1. The first kappa shape index (κ1) is 13.6. The van der Waals surface area contributed by atoms with Crippen LogP contribution in [0.25, 0.3) is 0 Å². The molecule has 0 spiro atoms. The van der Waals surface area contributed by atoms with Gasteiger partial charge in [-0.1, -0.05) is 12.1 Å². The lowest BCUT2D eigenvalue weighted by Crippen LogP contribution is -2.52. The van der Waals surface area contributed by atoms with Crippen molar-refractivity contribution in [1.29, 1.82) is 0 Å². The first-order valence-electron chi connectivity index (χ1n) is 6.84. The second-order valence-corrected chi connectivity index (χ2v) is 5.35. The summed E-state index contributed by atoms with van der Waals surface area (Å²) in [5.41, 5.74) is 2.27. The number of hydrogen-bond donors (Lipinski definition) is 1. The number of carbonyl (C=O) groups is 3. The van der Waals surface area contributed by atoms with E-state index in [2.05, 4.69) is 5.32 Å². The van der Waals surface area contributed by atoms with Gasteiger partial charge in [0.1, 0.15) is 11.8 Å². The van der Waals surface area contributed by atoms with E-state index in [0.717, 1.165) is 11.1 Å². The molecule has 1 unspecified atom stereocenters. The number of nitrogens with one attached hydrogen (secondary N) is 1. The Balaban J connectivity index is 1.94. The summed E-state index contributed by atoms with van der Waals surface area (Å²) in [6.07, 6.45) is 0.623. The Morgan fingerprint density at radius 3 is 2.71 bits per heavy atom. The van der Waals surface area contributed by atoms with Crippen LogP contribution in [0.15, 0.2) is 12.1 Å². The summed E-state index contributed by atoms with van der Waals surface area (Å²) in [4.78, 5) is 37.3. The molecule has 110 valence electrons. The highest BCUT2D eigenvalue weighted by Crippen LogP contribution is 2.35. The van der Waals surface area contributed by atoms with Crippen LogP contribution in [0.3, 0.4) is 0 Å². The summed E-state index contributed by atoms with van der Waals surface area (Å²) in [7, 11) is 1.53. The third kappa shape index (κ3) is 2.07. The highest BCUT2D eigenvalue weighted by Gasteiger charge is 2.40. The lowest BCUT2D eigenvalue weighted by Gasteiger charge is -2.29. The normalized spacial score (nSPS) is 21.3. The number of methoxy groups -OCH3 is 1. The highest BCUT2D eigenvalue weighted by molar-refractivity contribution is 6.06. The molecule has 3 rings (SSSR count). The van der Waals surface area contributed by atoms with Gasteiger partial charge >= 0.3 is 0 Å². The zero-order valence-corrected chi connectivity index (χ0v) is 11.9. The van der Waals surface area contributed by atoms with Gasteiger partial charge in [0.15, 0.2) is 0 Å². The van der Waals surface area contributed by atoms with E-state index in [1.807, 2.05) is 19.1 Å². The molecule has 2 aliphatic rings. The number of hydrogen-bond acceptors (Lipinski definition) is 4. The standard InChI is InChI=1S/C15H16N2O4/c1-8-3-4-9-7-17(15(20)12(9)13(8)21-2)10-5-6-11(18)16-14(10)19/h3-4,10H,5-7H2,1-2H3,(H,16,18,19). The van der Waals surface area contributed by atoms with Crippen molar-refractivity contribution >= 4 is 17.7 Å². The van der Waals surface area contributed by atoms with Gasteiger partial charge in [0.25, 0.3) is 5.91 Å².